The highest BCUT2D eigenvalue weighted by atomic mass is 16.3. The van der Waals surface area contributed by atoms with Gasteiger partial charge in [-0.05, 0) is 30.7 Å². The van der Waals surface area contributed by atoms with Crippen LogP contribution in [0.3, 0.4) is 0 Å². The van der Waals surface area contributed by atoms with Crippen LogP contribution in [0.25, 0.3) is 22.4 Å². The number of furan rings is 1. The number of amides is 1. The third-order valence-electron chi connectivity index (χ3n) is 6.17. The predicted octanol–water partition coefficient (Wildman–Crippen LogP) is 5.23. The van der Waals surface area contributed by atoms with Crippen LogP contribution in [0.1, 0.15) is 23.0 Å². The maximum absolute atomic E-state index is 12.8. The molecule has 1 saturated heterocycles. The summed E-state index contributed by atoms with van der Waals surface area (Å²) in [5.41, 5.74) is 4.29. The molecule has 1 aliphatic heterocycles. The van der Waals surface area contributed by atoms with E-state index in [-0.39, 0.29) is 11.9 Å². The lowest BCUT2D eigenvalue weighted by Gasteiger charge is -2.40. The van der Waals surface area contributed by atoms with Gasteiger partial charge in [-0.25, -0.2) is 4.98 Å². The van der Waals surface area contributed by atoms with Gasteiger partial charge in [-0.15, -0.1) is 0 Å². The Morgan fingerprint density at radius 1 is 1.00 bits per heavy atom. The molecule has 1 aliphatic rings. The summed E-state index contributed by atoms with van der Waals surface area (Å²) >= 11 is 0. The number of aromatic nitrogens is 1. The zero-order valence-corrected chi connectivity index (χ0v) is 18.9. The van der Waals surface area contributed by atoms with Crippen molar-refractivity contribution in [1.82, 2.24) is 9.88 Å². The fourth-order valence-corrected chi connectivity index (χ4v) is 4.47. The van der Waals surface area contributed by atoms with Crippen LogP contribution in [0.4, 0.5) is 5.82 Å². The molecule has 168 valence electrons. The van der Waals surface area contributed by atoms with Crippen LogP contribution >= 0.6 is 0 Å². The zero-order valence-electron chi connectivity index (χ0n) is 18.9. The Hall–Kier alpha value is -4.37. The molecule has 0 aliphatic carbocycles. The van der Waals surface area contributed by atoms with Crippen LogP contribution in [0.15, 0.2) is 89.5 Å². The van der Waals surface area contributed by atoms with Crippen LogP contribution in [-0.2, 0) is 0 Å². The van der Waals surface area contributed by atoms with E-state index in [2.05, 4.69) is 11.0 Å². The van der Waals surface area contributed by atoms with Gasteiger partial charge in [-0.3, -0.25) is 4.79 Å². The molecule has 3 heterocycles. The van der Waals surface area contributed by atoms with Gasteiger partial charge in [0.1, 0.15) is 11.9 Å². The number of nitriles is 1. The molecule has 4 aromatic rings. The first-order valence-electron chi connectivity index (χ1n) is 11.3. The van der Waals surface area contributed by atoms with Gasteiger partial charge >= 0.3 is 0 Å². The van der Waals surface area contributed by atoms with Crippen molar-refractivity contribution in [1.29, 1.82) is 5.26 Å². The van der Waals surface area contributed by atoms with E-state index in [0.29, 0.717) is 36.8 Å². The molecule has 0 saturated carbocycles. The molecule has 5 rings (SSSR count). The minimum Gasteiger partial charge on any atom is -0.459 e. The highest BCUT2D eigenvalue weighted by Crippen LogP contribution is 2.35. The Kier molecular flexibility index (Phi) is 5.84. The summed E-state index contributed by atoms with van der Waals surface area (Å²) in [7, 11) is 0. The highest BCUT2D eigenvalue weighted by molar-refractivity contribution is 5.92. The standard InChI is InChI=1S/C28H24N4O2/c1-20-19-31(14-15-32(20)28(33)25-13-8-16-34-25)27-23(18-29)17-24(21-9-4-2-5-10-21)26(30-27)22-11-6-3-7-12-22/h2-13,16-17,20H,14-15,19H2,1H3. The minimum atomic E-state index is -0.116. The van der Waals surface area contributed by atoms with E-state index < -0.39 is 0 Å². The van der Waals surface area contributed by atoms with Gasteiger partial charge in [0.05, 0.1) is 17.5 Å². The van der Waals surface area contributed by atoms with Crippen LogP contribution in [0.2, 0.25) is 0 Å². The summed E-state index contributed by atoms with van der Waals surface area (Å²) in [6.45, 7) is 3.69. The summed E-state index contributed by atoms with van der Waals surface area (Å²) in [5.74, 6) is 0.878. The number of hydrogen-bond donors (Lipinski definition) is 0. The number of carbonyl (C=O) groups is 1. The number of benzene rings is 2. The smallest absolute Gasteiger partial charge is 0.289 e. The van der Waals surface area contributed by atoms with Crippen molar-refractivity contribution in [2.45, 2.75) is 13.0 Å². The average molecular weight is 449 g/mol. The van der Waals surface area contributed by atoms with Gasteiger partial charge < -0.3 is 14.2 Å². The third-order valence-corrected chi connectivity index (χ3v) is 6.17. The molecule has 0 radical (unpaired) electrons. The minimum absolute atomic E-state index is 0.0614. The number of anilines is 1. The van der Waals surface area contributed by atoms with Crippen molar-refractivity contribution < 1.29 is 9.21 Å². The van der Waals surface area contributed by atoms with E-state index in [4.69, 9.17) is 9.40 Å². The van der Waals surface area contributed by atoms with E-state index in [1.807, 2.05) is 78.6 Å². The van der Waals surface area contributed by atoms with Crippen molar-refractivity contribution >= 4 is 11.7 Å². The lowest BCUT2D eigenvalue weighted by atomic mass is 9.97. The fraction of sp³-hybridized carbons (Fsp3) is 0.179. The molecule has 0 N–H and O–H groups in total. The summed E-state index contributed by atoms with van der Waals surface area (Å²) in [6, 6.07) is 27.7. The Labute approximate surface area is 198 Å². The zero-order chi connectivity index (χ0) is 23.5. The fourth-order valence-electron chi connectivity index (χ4n) is 4.47. The number of rotatable bonds is 4. The molecule has 2 aromatic heterocycles. The van der Waals surface area contributed by atoms with Crippen molar-refractivity contribution in [3.63, 3.8) is 0 Å². The van der Waals surface area contributed by atoms with Crippen molar-refractivity contribution in [3.8, 4) is 28.5 Å². The van der Waals surface area contributed by atoms with Gasteiger partial charge in [-0.2, -0.15) is 5.26 Å². The second-order valence-electron chi connectivity index (χ2n) is 8.37. The lowest BCUT2D eigenvalue weighted by molar-refractivity contribution is 0.0641. The normalized spacial score (nSPS) is 15.7. The number of piperazine rings is 1. The molecule has 1 amide bonds. The molecule has 1 atom stereocenters. The van der Waals surface area contributed by atoms with Crippen molar-refractivity contribution in [2.24, 2.45) is 0 Å². The average Bonchev–Trinajstić information content (AvgIpc) is 3.44. The summed E-state index contributed by atoms with van der Waals surface area (Å²) in [4.78, 5) is 21.8. The second-order valence-corrected chi connectivity index (χ2v) is 8.37. The molecular weight excluding hydrogens is 424 g/mol. The Balaban J connectivity index is 1.52. The molecule has 1 fully saturated rings. The van der Waals surface area contributed by atoms with Gasteiger partial charge in [0, 0.05) is 36.8 Å². The molecule has 0 spiro atoms. The Bertz CT molecular complexity index is 1330. The largest absolute Gasteiger partial charge is 0.459 e. The van der Waals surface area contributed by atoms with Crippen molar-refractivity contribution in [3.05, 3.63) is 96.4 Å². The van der Waals surface area contributed by atoms with E-state index in [0.717, 1.165) is 22.4 Å². The van der Waals surface area contributed by atoms with Crippen molar-refractivity contribution in [2.75, 3.05) is 24.5 Å². The monoisotopic (exact) mass is 448 g/mol. The van der Waals surface area contributed by atoms with Gasteiger partial charge in [0.25, 0.3) is 5.91 Å². The van der Waals surface area contributed by atoms with E-state index in [1.165, 1.54) is 6.26 Å². The van der Waals surface area contributed by atoms with Crippen LogP contribution in [0.5, 0.6) is 0 Å². The summed E-state index contributed by atoms with van der Waals surface area (Å²) in [6.07, 6.45) is 1.51. The van der Waals surface area contributed by atoms with Crippen LogP contribution in [0, 0.1) is 11.3 Å². The molecule has 1 unspecified atom stereocenters. The van der Waals surface area contributed by atoms with Crippen LogP contribution in [-0.4, -0.2) is 41.5 Å². The predicted molar refractivity (Wildman–Crippen MR) is 131 cm³/mol. The summed E-state index contributed by atoms with van der Waals surface area (Å²) in [5, 5.41) is 10.0. The second kappa shape index (κ2) is 9.24. The Morgan fingerprint density at radius 3 is 2.32 bits per heavy atom. The number of nitrogens with zero attached hydrogens (tertiary/aromatic N) is 4. The highest BCUT2D eigenvalue weighted by Gasteiger charge is 2.31. The van der Waals surface area contributed by atoms with Gasteiger partial charge in [0.2, 0.25) is 0 Å². The lowest BCUT2D eigenvalue weighted by Crippen LogP contribution is -2.54. The number of pyridine rings is 1. The molecule has 2 aromatic carbocycles. The first-order valence-corrected chi connectivity index (χ1v) is 11.3. The van der Waals surface area contributed by atoms with E-state index in [1.54, 1.807) is 12.1 Å². The number of hydrogen-bond acceptors (Lipinski definition) is 5. The molecule has 0 bridgehead atoms. The SMILES string of the molecule is CC1CN(c2nc(-c3ccccc3)c(-c3ccccc3)cc2C#N)CCN1C(=O)c1ccco1. The van der Waals surface area contributed by atoms with E-state index in [9.17, 15) is 10.1 Å². The molecule has 6 nitrogen and oxygen atoms in total. The quantitative estimate of drug-likeness (QED) is 0.427. The van der Waals surface area contributed by atoms with Gasteiger partial charge in [0.15, 0.2) is 5.76 Å². The Morgan fingerprint density at radius 2 is 1.71 bits per heavy atom. The third kappa shape index (κ3) is 4.04. The first kappa shape index (κ1) is 21.5. The maximum Gasteiger partial charge on any atom is 0.289 e. The molecule has 34 heavy (non-hydrogen) atoms. The van der Waals surface area contributed by atoms with Crippen LogP contribution < -0.4 is 4.90 Å². The van der Waals surface area contributed by atoms with Gasteiger partial charge in [-0.1, -0.05) is 60.7 Å². The number of carbonyl (C=O) groups excluding carboxylic acids is 1. The van der Waals surface area contributed by atoms with E-state index >= 15 is 0 Å². The maximum atomic E-state index is 12.8. The summed E-state index contributed by atoms with van der Waals surface area (Å²) < 4.78 is 5.30. The topological polar surface area (TPSA) is 73.4 Å². The first-order chi connectivity index (χ1) is 16.7. The molecular formula is C28H24N4O2. The molecule has 6 heteroatoms.